The molecule has 0 amide bonds. The Bertz CT molecular complexity index is 555. The number of halogens is 1. The molecule has 6 heteroatoms. The van der Waals surface area contributed by atoms with Gasteiger partial charge in [0.2, 0.25) is 10.0 Å². The van der Waals surface area contributed by atoms with E-state index in [-0.39, 0.29) is 4.90 Å². The van der Waals surface area contributed by atoms with Crippen LogP contribution in [0.3, 0.4) is 0 Å². The highest BCUT2D eigenvalue weighted by Gasteiger charge is 2.32. The van der Waals surface area contributed by atoms with Gasteiger partial charge in [0.15, 0.2) is 0 Å². The quantitative estimate of drug-likeness (QED) is 0.819. The smallest absolute Gasteiger partial charge is 0.243 e. The SMILES string of the molecule is CCC(C)(C)N(C)S(=O)(=O)c1ccc(OC)c(Br)c1. The molecule has 0 aliphatic carbocycles. The van der Waals surface area contributed by atoms with E-state index in [1.54, 1.807) is 32.4 Å². The average molecular weight is 350 g/mol. The Morgan fingerprint density at radius 1 is 1.37 bits per heavy atom. The lowest BCUT2D eigenvalue weighted by Crippen LogP contribution is -2.44. The van der Waals surface area contributed by atoms with Crippen molar-refractivity contribution < 1.29 is 13.2 Å². The highest BCUT2D eigenvalue weighted by Crippen LogP contribution is 2.31. The molecule has 0 spiro atoms. The molecule has 0 atom stereocenters. The first-order valence-electron chi connectivity index (χ1n) is 5.99. The molecule has 0 aliphatic heterocycles. The minimum absolute atomic E-state index is 0.254. The number of hydrogen-bond donors (Lipinski definition) is 0. The molecule has 0 N–H and O–H groups in total. The van der Waals surface area contributed by atoms with Crippen LogP contribution in [0.2, 0.25) is 0 Å². The lowest BCUT2D eigenvalue weighted by Gasteiger charge is -2.33. The fourth-order valence-corrected chi connectivity index (χ4v) is 3.81. The highest BCUT2D eigenvalue weighted by molar-refractivity contribution is 9.10. The van der Waals surface area contributed by atoms with Crippen LogP contribution in [-0.4, -0.2) is 32.4 Å². The molecule has 0 aromatic heterocycles. The van der Waals surface area contributed by atoms with Gasteiger partial charge in [-0.05, 0) is 54.4 Å². The maximum absolute atomic E-state index is 12.6. The van der Waals surface area contributed by atoms with Crippen molar-refractivity contribution in [1.29, 1.82) is 0 Å². The summed E-state index contributed by atoms with van der Waals surface area (Å²) in [4.78, 5) is 0.254. The van der Waals surface area contributed by atoms with Gasteiger partial charge in [0, 0.05) is 12.6 Å². The van der Waals surface area contributed by atoms with Crippen molar-refractivity contribution in [1.82, 2.24) is 4.31 Å². The van der Waals surface area contributed by atoms with E-state index >= 15 is 0 Å². The van der Waals surface area contributed by atoms with Gasteiger partial charge in [-0.2, -0.15) is 4.31 Å². The van der Waals surface area contributed by atoms with E-state index in [1.807, 2.05) is 20.8 Å². The van der Waals surface area contributed by atoms with E-state index in [4.69, 9.17) is 4.74 Å². The van der Waals surface area contributed by atoms with Crippen LogP contribution in [0, 0.1) is 0 Å². The fourth-order valence-electron chi connectivity index (χ4n) is 1.51. The first-order chi connectivity index (χ1) is 8.66. The molecular weight excluding hydrogens is 330 g/mol. The summed E-state index contributed by atoms with van der Waals surface area (Å²) in [6.45, 7) is 5.78. The second-order valence-electron chi connectivity index (χ2n) is 4.93. The molecule has 1 rings (SSSR count). The molecule has 0 saturated heterocycles. The maximum atomic E-state index is 12.6. The standard InChI is InChI=1S/C13H20BrNO3S/c1-6-13(2,3)15(4)19(16,17)10-7-8-12(18-5)11(14)9-10/h7-9H,6H2,1-5H3. The van der Waals surface area contributed by atoms with Crippen molar-refractivity contribution in [2.24, 2.45) is 0 Å². The molecule has 108 valence electrons. The third-order valence-corrected chi connectivity index (χ3v) is 6.18. The van der Waals surface area contributed by atoms with E-state index in [9.17, 15) is 8.42 Å². The summed E-state index contributed by atoms with van der Waals surface area (Å²) in [5.74, 6) is 0.608. The van der Waals surface area contributed by atoms with Crippen molar-refractivity contribution in [3.05, 3.63) is 22.7 Å². The number of benzene rings is 1. The molecule has 0 fully saturated rings. The third-order valence-electron chi connectivity index (χ3n) is 3.50. The normalized spacial score (nSPS) is 12.8. The Hall–Kier alpha value is -0.590. The van der Waals surface area contributed by atoms with Gasteiger partial charge in [-0.25, -0.2) is 8.42 Å². The van der Waals surface area contributed by atoms with Crippen molar-refractivity contribution in [3.8, 4) is 5.75 Å². The van der Waals surface area contributed by atoms with Crippen LogP contribution < -0.4 is 4.74 Å². The summed E-state index contributed by atoms with van der Waals surface area (Å²) in [7, 11) is -0.358. The van der Waals surface area contributed by atoms with Crippen LogP contribution in [0.25, 0.3) is 0 Å². The van der Waals surface area contributed by atoms with Crippen molar-refractivity contribution >= 4 is 26.0 Å². The van der Waals surface area contributed by atoms with E-state index in [2.05, 4.69) is 15.9 Å². The van der Waals surface area contributed by atoms with Crippen molar-refractivity contribution in [3.63, 3.8) is 0 Å². The van der Waals surface area contributed by atoms with Crippen molar-refractivity contribution in [2.45, 2.75) is 37.6 Å². The minimum atomic E-state index is -3.51. The number of methoxy groups -OCH3 is 1. The maximum Gasteiger partial charge on any atom is 0.243 e. The Morgan fingerprint density at radius 2 is 1.95 bits per heavy atom. The lowest BCUT2D eigenvalue weighted by atomic mass is 10.0. The predicted octanol–water partition coefficient (Wildman–Crippen LogP) is 3.27. The number of nitrogens with zero attached hydrogens (tertiary/aromatic N) is 1. The minimum Gasteiger partial charge on any atom is -0.496 e. The summed E-state index contributed by atoms with van der Waals surface area (Å²) in [6.07, 6.45) is 0.736. The summed E-state index contributed by atoms with van der Waals surface area (Å²) >= 11 is 3.31. The zero-order chi connectivity index (χ0) is 14.8. The van der Waals surface area contributed by atoms with Gasteiger partial charge >= 0.3 is 0 Å². The monoisotopic (exact) mass is 349 g/mol. The summed E-state index contributed by atoms with van der Waals surface area (Å²) in [5.41, 5.74) is -0.425. The zero-order valence-electron chi connectivity index (χ0n) is 11.9. The van der Waals surface area contributed by atoms with Gasteiger partial charge in [0.05, 0.1) is 16.5 Å². The van der Waals surface area contributed by atoms with Gasteiger partial charge in [0.25, 0.3) is 0 Å². The summed E-state index contributed by atoms with van der Waals surface area (Å²) in [5, 5.41) is 0. The Balaban J connectivity index is 3.25. The fraction of sp³-hybridized carbons (Fsp3) is 0.538. The second kappa shape index (κ2) is 5.81. The van der Waals surface area contributed by atoms with Gasteiger partial charge in [-0.3, -0.25) is 0 Å². The van der Waals surface area contributed by atoms with Crippen molar-refractivity contribution in [2.75, 3.05) is 14.2 Å². The molecule has 1 aromatic rings. The van der Waals surface area contributed by atoms with Gasteiger partial charge in [-0.15, -0.1) is 0 Å². The molecular formula is C13H20BrNO3S. The zero-order valence-corrected chi connectivity index (χ0v) is 14.3. The molecule has 0 aliphatic rings. The predicted molar refractivity (Wildman–Crippen MR) is 80.0 cm³/mol. The molecule has 0 unspecified atom stereocenters. The average Bonchev–Trinajstić information content (AvgIpc) is 2.37. The molecule has 0 heterocycles. The molecule has 19 heavy (non-hydrogen) atoms. The number of sulfonamides is 1. The number of rotatable bonds is 5. The van der Waals surface area contributed by atoms with Crippen LogP contribution in [0.15, 0.2) is 27.6 Å². The largest absolute Gasteiger partial charge is 0.496 e. The van der Waals surface area contributed by atoms with Gasteiger partial charge in [0.1, 0.15) is 5.75 Å². The van der Waals surface area contributed by atoms with E-state index in [0.717, 1.165) is 6.42 Å². The first kappa shape index (κ1) is 16.5. The summed E-state index contributed by atoms with van der Waals surface area (Å²) < 4.78 is 32.2. The molecule has 4 nitrogen and oxygen atoms in total. The van der Waals surface area contributed by atoms with Crippen LogP contribution in [0.5, 0.6) is 5.75 Å². The Morgan fingerprint density at radius 3 is 2.37 bits per heavy atom. The third kappa shape index (κ3) is 3.30. The van der Waals surface area contributed by atoms with Crippen LogP contribution in [0.1, 0.15) is 27.2 Å². The second-order valence-corrected chi connectivity index (χ2v) is 7.76. The van der Waals surface area contributed by atoms with Gasteiger partial charge in [-0.1, -0.05) is 6.92 Å². The van der Waals surface area contributed by atoms with Gasteiger partial charge < -0.3 is 4.74 Å². The molecule has 0 radical (unpaired) electrons. The first-order valence-corrected chi connectivity index (χ1v) is 8.22. The summed E-state index contributed by atoms with van der Waals surface area (Å²) in [6, 6.07) is 4.77. The van der Waals surface area contributed by atoms with Crippen LogP contribution >= 0.6 is 15.9 Å². The number of hydrogen-bond acceptors (Lipinski definition) is 3. The molecule has 0 bridgehead atoms. The van der Waals surface area contributed by atoms with E-state index in [0.29, 0.717) is 10.2 Å². The molecule has 1 aromatic carbocycles. The van der Waals surface area contributed by atoms with Crippen LogP contribution in [0.4, 0.5) is 0 Å². The topological polar surface area (TPSA) is 46.6 Å². The Kier molecular flexibility index (Phi) is 5.03. The lowest BCUT2D eigenvalue weighted by molar-refractivity contribution is 0.257. The van der Waals surface area contributed by atoms with Crippen LogP contribution in [-0.2, 0) is 10.0 Å². The number of ether oxygens (including phenoxy) is 1. The highest BCUT2D eigenvalue weighted by atomic mass is 79.9. The Labute approximate surface area is 123 Å². The van der Waals surface area contributed by atoms with E-state index < -0.39 is 15.6 Å². The van der Waals surface area contributed by atoms with E-state index in [1.165, 1.54) is 4.31 Å². The molecule has 0 saturated carbocycles.